The monoisotopic (exact) mass is 230 g/mol. The molecule has 5 nitrogen and oxygen atoms in total. The predicted octanol–water partition coefficient (Wildman–Crippen LogP) is 1.69. The Balaban J connectivity index is 2.97. The van der Waals surface area contributed by atoms with E-state index in [1.165, 1.54) is 6.92 Å². The molecule has 5 heteroatoms. The molecule has 92 valence electrons. The van der Waals surface area contributed by atoms with E-state index in [1.807, 2.05) is 6.92 Å². The van der Waals surface area contributed by atoms with Crippen LogP contribution in [0.5, 0.6) is 0 Å². The molecule has 1 aliphatic rings. The highest BCUT2D eigenvalue weighted by molar-refractivity contribution is 5.50. The second-order valence-electron chi connectivity index (χ2n) is 4.01. The minimum Gasteiger partial charge on any atom is -0.508 e. The van der Waals surface area contributed by atoms with E-state index in [-0.39, 0.29) is 30.1 Å². The lowest BCUT2D eigenvalue weighted by molar-refractivity contribution is -0.257. The van der Waals surface area contributed by atoms with E-state index < -0.39 is 5.79 Å². The van der Waals surface area contributed by atoms with E-state index in [0.717, 1.165) is 0 Å². The van der Waals surface area contributed by atoms with Gasteiger partial charge in [0.15, 0.2) is 5.76 Å². The van der Waals surface area contributed by atoms with Crippen molar-refractivity contribution in [3.8, 4) is 0 Å². The Morgan fingerprint density at radius 1 is 1.56 bits per heavy atom. The highest BCUT2D eigenvalue weighted by Crippen LogP contribution is 2.36. The summed E-state index contributed by atoms with van der Waals surface area (Å²) in [6.45, 7) is 4.96. The number of rotatable bonds is 4. The standard InChI is InChI=1S/C11H18O5/c1-4-8-7(2)9(13)10(14)11(3,16-8)15-6-5-12/h5,7-8,13-14H,4,6H2,1-3H3/t7?,8?,11-/m1/s1. The van der Waals surface area contributed by atoms with Gasteiger partial charge in [0.2, 0.25) is 5.79 Å². The second kappa shape index (κ2) is 4.84. The van der Waals surface area contributed by atoms with Crippen molar-refractivity contribution in [2.24, 2.45) is 5.92 Å². The predicted molar refractivity (Wildman–Crippen MR) is 57.0 cm³/mol. The molecule has 1 aliphatic heterocycles. The van der Waals surface area contributed by atoms with Gasteiger partial charge in [0, 0.05) is 5.92 Å². The largest absolute Gasteiger partial charge is 0.508 e. The van der Waals surface area contributed by atoms with E-state index in [2.05, 4.69) is 0 Å². The Morgan fingerprint density at radius 3 is 2.69 bits per heavy atom. The molecule has 0 fully saturated rings. The molecule has 0 spiro atoms. The molecule has 2 unspecified atom stereocenters. The number of ether oxygens (including phenoxy) is 2. The average Bonchev–Trinajstić information content (AvgIpc) is 2.29. The zero-order chi connectivity index (χ0) is 12.3. The fourth-order valence-corrected chi connectivity index (χ4v) is 1.80. The third-order valence-corrected chi connectivity index (χ3v) is 2.87. The zero-order valence-corrected chi connectivity index (χ0v) is 9.77. The van der Waals surface area contributed by atoms with Crippen molar-refractivity contribution in [3.05, 3.63) is 11.5 Å². The molecule has 0 aliphatic carbocycles. The molecule has 3 atom stereocenters. The number of hydrogen-bond donors (Lipinski definition) is 2. The highest BCUT2D eigenvalue weighted by Gasteiger charge is 2.44. The van der Waals surface area contributed by atoms with E-state index in [1.54, 1.807) is 6.92 Å². The topological polar surface area (TPSA) is 76.0 Å². The minimum atomic E-state index is -1.43. The van der Waals surface area contributed by atoms with Gasteiger partial charge in [0.1, 0.15) is 18.7 Å². The number of hydrogen-bond acceptors (Lipinski definition) is 5. The Bertz CT molecular complexity index is 299. The number of carbonyl (C=O) groups excluding carboxylic acids is 1. The van der Waals surface area contributed by atoms with Gasteiger partial charge in [0.25, 0.3) is 0 Å². The number of aliphatic hydroxyl groups is 2. The highest BCUT2D eigenvalue weighted by atomic mass is 16.7. The van der Waals surface area contributed by atoms with Crippen molar-refractivity contribution in [2.75, 3.05) is 6.61 Å². The van der Waals surface area contributed by atoms with Crippen molar-refractivity contribution in [1.82, 2.24) is 0 Å². The lowest BCUT2D eigenvalue weighted by Crippen LogP contribution is -2.46. The van der Waals surface area contributed by atoms with E-state index in [9.17, 15) is 15.0 Å². The maximum atomic E-state index is 10.3. The maximum absolute atomic E-state index is 10.3. The summed E-state index contributed by atoms with van der Waals surface area (Å²) in [4.78, 5) is 10.3. The SMILES string of the molecule is CCC1O[C@@](C)(OCC=O)C(O)=C(O)C1C. The fourth-order valence-electron chi connectivity index (χ4n) is 1.80. The van der Waals surface area contributed by atoms with Crippen molar-refractivity contribution < 1.29 is 24.5 Å². The summed E-state index contributed by atoms with van der Waals surface area (Å²) in [7, 11) is 0. The summed E-state index contributed by atoms with van der Waals surface area (Å²) in [6.07, 6.45) is 1.00. The summed E-state index contributed by atoms with van der Waals surface area (Å²) >= 11 is 0. The quantitative estimate of drug-likeness (QED) is 0.719. The Morgan fingerprint density at radius 2 is 2.19 bits per heavy atom. The van der Waals surface area contributed by atoms with Crippen LogP contribution in [0.3, 0.4) is 0 Å². The summed E-state index contributed by atoms with van der Waals surface area (Å²) in [5.41, 5.74) is 0. The number of aldehydes is 1. The molecule has 0 bridgehead atoms. The van der Waals surface area contributed by atoms with Gasteiger partial charge in [-0.2, -0.15) is 0 Å². The van der Waals surface area contributed by atoms with Crippen LogP contribution in [0.2, 0.25) is 0 Å². The molecular weight excluding hydrogens is 212 g/mol. The molecule has 0 amide bonds. The van der Waals surface area contributed by atoms with Crippen LogP contribution < -0.4 is 0 Å². The van der Waals surface area contributed by atoms with Crippen LogP contribution in [0.1, 0.15) is 27.2 Å². The first-order valence-electron chi connectivity index (χ1n) is 5.34. The normalized spacial score (nSPS) is 35.2. The molecule has 0 radical (unpaired) electrons. The van der Waals surface area contributed by atoms with Crippen LogP contribution in [0.15, 0.2) is 11.5 Å². The first-order chi connectivity index (χ1) is 7.46. The molecule has 0 saturated heterocycles. The van der Waals surface area contributed by atoms with E-state index in [4.69, 9.17) is 9.47 Å². The van der Waals surface area contributed by atoms with Crippen LogP contribution >= 0.6 is 0 Å². The summed E-state index contributed by atoms with van der Waals surface area (Å²) in [5.74, 6) is -2.20. The van der Waals surface area contributed by atoms with Crippen LogP contribution in [-0.2, 0) is 14.3 Å². The van der Waals surface area contributed by atoms with Crippen molar-refractivity contribution >= 4 is 6.29 Å². The van der Waals surface area contributed by atoms with E-state index >= 15 is 0 Å². The molecule has 0 aromatic heterocycles. The second-order valence-corrected chi connectivity index (χ2v) is 4.01. The molecular formula is C11H18O5. The van der Waals surface area contributed by atoms with Crippen LogP contribution in [-0.4, -0.2) is 35.0 Å². The average molecular weight is 230 g/mol. The van der Waals surface area contributed by atoms with E-state index in [0.29, 0.717) is 12.7 Å². The zero-order valence-electron chi connectivity index (χ0n) is 9.77. The molecule has 16 heavy (non-hydrogen) atoms. The Kier molecular flexibility index (Phi) is 3.93. The summed E-state index contributed by atoms with van der Waals surface area (Å²) in [5, 5.41) is 19.5. The van der Waals surface area contributed by atoms with Gasteiger partial charge in [-0.15, -0.1) is 0 Å². The first kappa shape index (κ1) is 13.0. The van der Waals surface area contributed by atoms with Crippen LogP contribution in [0.25, 0.3) is 0 Å². The van der Waals surface area contributed by atoms with Gasteiger partial charge in [-0.1, -0.05) is 13.8 Å². The third-order valence-electron chi connectivity index (χ3n) is 2.87. The summed E-state index contributed by atoms with van der Waals surface area (Å²) < 4.78 is 10.7. The summed E-state index contributed by atoms with van der Waals surface area (Å²) in [6, 6.07) is 0. The van der Waals surface area contributed by atoms with Crippen molar-refractivity contribution in [3.63, 3.8) is 0 Å². The van der Waals surface area contributed by atoms with Crippen molar-refractivity contribution in [2.45, 2.75) is 39.1 Å². The number of aliphatic hydroxyl groups excluding tert-OH is 2. The molecule has 0 aromatic carbocycles. The molecule has 0 saturated carbocycles. The first-order valence-corrected chi connectivity index (χ1v) is 5.34. The minimum absolute atomic E-state index is 0.133. The van der Waals surface area contributed by atoms with Crippen LogP contribution in [0.4, 0.5) is 0 Å². The third kappa shape index (κ3) is 2.20. The van der Waals surface area contributed by atoms with Gasteiger partial charge < -0.3 is 24.5 Å². The Hall–Kier alpha value is -1.07. The molecule has 1 heterocycles. The van der Waals surface area contributed by atoms with Crippen molar-refractivity contribution in [1.29, 1.82) is 0 Å². The lowest BCUT2D eigenvalue weighted by Gasteiger charge is -2.39. The van der Waals surface area contributed by atoms with Gasteiger partial charge in [-0.25, -0.2) is 0 Å². The van der Waals surface area contributed by atoms with Gasteiger partial charge in [-0.05, 0) is 13.3 Å². The molecule has 1 rings (SSSR count). The Labute approximate surface area is 94.7 Å². The van der Waals surface area contributed by atoms with Gasteiger partial charge in [-0.3, -0.25) is 0 Å². The fraction of sp³-hybridized carbons (Fsp3) is 0.727. The smallest absolute Gasteiger partial charge is 0.228 e. The van der Waals surface area contributed by atoms with Crippen LogP contribution in [0, 0.1) is 5.92 Å². The maximum Gasteiger partial charge on any atom is 0.228 e. The van der Waals surface area contributed by atoms with Gasteiger partial charge >= 0.3 is 0 Å². The molecule has 0 aromatic rings. The number of carbonyl (C=O) groups is 1. The molecule has 2 N–H and O–H groups in total. The van der Waals surface area contributed by atoms with Gasteiger partial charge in [0.05, 0.1) is 6.10 Å². The lowest BCUT2D eigenvalue weighted by atomic mass is 9.94.